The van der Waals surface area contributed by atoms with Crippen LogP contribution in [0.5, 0.6) is 0 Å². The number of benzene rings is 2. The molecule has 0 saturated carbocycles. The summed E-state index contributed by atoms with van der Waals surface area (Å²) in [4.78, 5) is 12.5. The van der Waals surface area contributed by atoms with E-state index in [1.54, 1.807) is 12.1 Å². The molecule has 0 bridgehead atoms. The SMILES string of the molecule is CN(C)S(=O)(=O)c1cccc(C(=O)Nc2nnc(SCc3ccc(C#N)cc3)s2)c1. The molecule has 3 aromatic rings. The fraction of sp³-hybridized carbons (Fsp3) is 0.158. The van der Waals surface area contributed by atoms with Crippen molar-refractivity contribution in [3.8, 4) is 6.07 Å². The molecule has 11 heteroatoms. The molecule has 0 radical (unpaired) electrons. The van der Waals surface area contributed by atoms with Crippen LogP contribution in [0, 0.1) is 11.3 Å². The second-order valence-electron chi connectivity index (χ2n) is 6.24. The highest BCUT2D eigenvalue weighted by molar-refractivity contribution is 8.00. The number of nitrogens with zero attached hydrogens (tertiary/aromatic N) is 4. The molecule has 30 heavy (non-hydrogen) atoms. The topological polar surface area (TPSA) is 116 Å². The van der Waals surface area contributed by atoms with Crippen LogP contribution in [0.3, 0.4) is 0 Å². The summed E-state index contributed by atoms with van der Waals surface area (Å²) in [6.45, 7) is 0. The van der Waals surface area contributed by atoms with Crippen LogP contribution in [0.4, 0.5) is 5.13 Å². The van der Waals surface area contributed by atoms with Gasteiger partial charge in [-0.15, -0.1) is 10.2 Å². The third-order valence-electron chi connectivity index (χ3n) is 3.95. The number of anilines is 1. The van der Waals surface area contributed by atoms with Crippen LogP contribution in [0.2, 0.25) is 0 Å². The van der Waals surface area contributed by atoms with Crippen molar-refractivity contribution in [3.05, 3.63) is 65.2 Å². The van der Waals surface area contributed by atoms with Gasteiger partial charge in [-0.3, -0.25) is 10.1 Å². The van der Waals surface area contributed by atoms with Gasteiger partial charge in [0.2, 0.25) is 15.2 Å². The molecule has 1 N–H and O–H groups in total. The Morgan fingerprint density at radius 2 is 1.93 bits per heavy atom. The highest BCUT2D eigenvalue weighted by atomic mass is 32.2. The molecule has 1 heterocycles. The quantitative estimate of drug-likeness (QED) is 0.426. The van der Waals surface area contributed by atoms with Gasteiger partial charge >= 0.3 is 0 Å². The second-order valence-corrected chi connectivity index (χ2v) is 10.6. The van der Waals surface area contributed by atoms with E-state index in [0.717, 1.165) is 9.87 Å². The van der Waals surface area contributed by atoms with Crippen molar-refractivity contribution in [3.63, 3.8) is 0 Å². The molecule has 154 valence electrons. The summed E-state index contributed by atoms with van der Waals surface area (Å²) in [6.07, 6.45) is 0. The molecular formula is C19H17N5O3S3. The Morgan fingerprint density at radius 1 is 1.20 bits per heavy atom. The summed E-state index contributed by atoms with van der Waals surface area (Å²) in [6, 6.07) is 15.2. The van der Waals surface area contributed by atoms with Crippen molar-refractivity contribution in [1.29, 1.82) is 5.26 Å². The zero-order chi connectivity index (χ0) is 21.7. The Balaban J connectivity index is 1.64. The van der Waals surface area contributed by atoms with E-state index in [1.165, 1.54) is 61.5 Å². The van der Waals surface area contributed by atoms with E-state index >= 15 is 0 Å². The number of thioether (sulfide) groups is 1. The van der Waals surface area contributed by atoms with Crippen LogP contribution in [0.15, 0.2) is 57.8 Å². The van der Waals surface area contributed by atoms with E-state index in [-0.39, 0.29) is 10.5 Å². The molecule has 0 spiro atoms. The van der Waals surface area contributed by atoms with E-state index in [9.17, 15) is 13.2 Å². The Labute approximate surface area is 182 Å². The van der Waals surface area contributed by atoms with Crippen molar-refractivity contribution in [2.45, 2.75) is 15.0 Å². The lowest BCUT2D eigenvalue weighted by Gasteiger charge is -2.12. The van der Waals surface area contributed by atoms with Gasteiger partial charge in [-0.25, -0.2) is 12.7 Å². The fourth-order valence-corrected chi connectivity index (χ4v) is 4.97. The van der Waals surface area contributed by atoms with Crippen molar-refractivity contribution < 1.29 is 13.2 Å². The van der Waals surface area contributed by atoms with Crippen molar-refractivity contribution >= 4 is 44.2 Å². The van der Waals surface area contributed by atoms with Gasteiger partial charge in [-0.05, 0) is 35.9 Å². The number of hydrogen-bond donors (Lipinski definition) is 1. The lowest BCUT2D eigenvalue weighted by atomic mass is 10.2. The number of carbonyl (C=O) groups excluding carboxylic acids is 1. The predicted molar refractivity (Wildman–Crippen MR) is 116 cm³/mol. The van der Waals surface area contributed by atoms with Crippen molar-refractivity contribution in [2.24, 2.45) is 0 Å². The predicted octanol–water partition coefficient (Wildman–Crippen LogP) is 3.20. The Bertz CT molecular complexity index is 1200. The lowest BCUT2D eigenvalue weighted by molar-refractivity contribution is 0.102. The molecular weight excluding hydrogens is 442 g/mol. The highest BCUT2D eigenvalue weighted by Crippen LogP contribution is 2.28. The number of sulfonamides is 1. The Hall–Kier alpha value is -2.78. The first-order valence-corrected chi connectivity index (χ1v) is 11.8. The average Bonchev–Trinajstić information content (AvgIpc) is 3.19. The van der Waals surface area contributed by atoms with Crippen molar-refractivity contribution in [1.82, 2.24) is 14.5 Å². The minimum absolute atomic E-state index is 0.0380. The molecule has 2 aromatic carbocycles. The number of nitrogens with one attached hydrogen (secondary N) is 1. The van der Waals surface area contributed by atoms with Crippen molar-refractivity contribution in [2.75, 3.05) is 19.4 Å². The zero-order valence-corrected chi connectivity index (χ0v) is 18.5. The molecule has 1 amide bonds. The van der Waals surface area contributed by atoms with Gasteiger partial charge in [-0.1, -0.05) is 41.3 Å². The first-order valence-electron chi connectivity index (χ1n) is 8.59. The maximum Gasteiger partial charge on any atom is 0.257 e. The maximum absolute atomic E-state index is 12.5. The number of rotatable bonds is 7. The molecule has 0 unspecified atom stereocenters. The van der Waals surface area contributed by atoms with Gasteiger partial charge < -0.3 is 0 Å². The van der Waals surface area contributed by atoms with Crippen LogP contribution < -0.4 is 5.32 Å². The van der Waals surface area contributed by atoms with Crippen LogP contribution in [-0.2, 0) is 15.8 Å². The molecule has 0 aliphatic heterocycles. The molecule has 0 fully saturated rings. The minimum Gasteiger partial charge on any atom is -0.296 e. The first-order chi connectivity index (χ1) is 14.3. The van der Waals surface area contributed by atoms with Gasteiger partial charge in [0.05, 0.1) is 16.5 Å². The molecule has 0 atom stereocenters. The summed E-state index contributed by atoms with van der Waals surface area (Å²) in [5, 5.41) is 19.8. The summed E-state index contributed by atoms with van der Waals surface area (Å²) in [5.41, 5.74) is 1.85. The largest absolute Gasteiger partial charge is 0.296 e. The van der Waals surface area contributed by atoms with Gasteiger partial charge in [0, 0.05) is 25.4 Å². The van der Waals surface area contributed by atoms with Crippen LogP contribution in [0.1, 0.15) is 21.5 Å². The van der Waals surface area contributed by atoms with Gasteiger partial charge in [-0.2, -0.15) is 5.26 Å². The summed E-state index contributed by atoms with van der Waals surface area (Å²) < 4.78 is 26.3. The number of amides is 1. The highest BCUT2D eigenvalue weighted by Gasteiger charge is 2.19. The Kier molecular flexibility index (Phi) is 6.84. The standard InChI is InChI=1S/C19H17N5O3S3/c1-24(2)30(26,27)16-5-3-4-15(10-16)17(25)21-18-22-23-19(29-18)28-12-14-8-6-13(11-20)7-9-14/h3-10H,12H2,1-2H3,(H,21,22,25). The lowest BCUT2D eigenvalue weighted by Crippen LogP contribution is -2.22. The molecule has 0 saturated heterocycles. The van der Waals surface area contributed by atoms with Crippen LogP contribution >= 0.6 is 23.1 Å². The summed E-state index contributed by atoms with van der Waals surface area (Å²) in [5.74, 6) is 0.184. The van der Waals surface area contributed by atoms with Crippen LogP contribution in [0.25, 0.3) is 0 Å². The van der Waals surface area contributed by atoms with Gasteiger partial charge in [0.25, 0.3) is 5.91 Å². The van der Waals surface area contributed by atoms with E-state index < -0.39 is 15.9 Å². The van der Waals surface area contributed by atoms with Crippen LogP contribution in [-0.4, -0.2) is 42.9 Å². The fourth-order valence-electron chi connectivity index (χ4n) is 2.32. The monoisotopic (exact) mass is 459 g/mol. The summed E-state index contributed by atoms with van der Waals surface area (Å²) >= 11 is 2.69. The third kappa shape index (κ3) is 5.22. The zero-order valence-electron chi connectivity index (χ0n) is 16.1. The molecule has 8 nitrogen and oxygen atoms in total. The minimum atomic E-state index is -3.63. The molecule has 0 aliphatic rings. The normalized spacial score (nSPS) is 11.3. The van der Waals surface area contributed by atoms with E-state index in [0.29, 0.717) is 20.8 Å². The van der Waals surface area contributed by atoms with Gasteiger partial charge in [0.15, 0.2) is 4.34 Å². The van der Waals surface area contributed by atoms with E-state index in [1.807, 2.05) is 12.1 Å². The number of carbonyl (C=O) groups is 1. The average molecular weight is 460 g/mol. The third-order valence-corrected chi connectivity index (χ3v) is 7.80. The number of aromatic nitrogens is 2. The molecule has 3 rings (SSSR count). The smallest absolute Gasteiger partial charge is 0.257 e. The first kappa shape index (κ1) is 21.9. The van der Waals surface area contributed by atoms with E-state index in [4.69, 9.17) is 5.26 Å². The second kappa shape index (κ2) is 9.36. The van der Waals surface area contributed by atoms with E-state index in [2.05, 4.69) is 21.6 Å². The summed E-state index contributed by atoms with van der Waals surface area (Å²) in [7, 11) is -0.771. The number of nitriles is 1. The maximum atomic E-state index is 12.5. The molecule has 0 aliphatic carbocycles. The number of hydrogen-bond acceptors (Lipinski definition) is 8. The molecule has 1 aromatic heterocycles. The van der Waals surface area contributed by atoms with Gasteiger partial charge in [0.1, 0.15) is 0 Å². The Morgan fingerprint density at radius 3 is 2.60 bits per heavy atom.